The van der Waals surface area contributed by atoms with E-state index in [1.165, 1.54) is 16.1 Å². The molecule has 2 aromatic rings. The number of fused-ring (bicyclic) bond motifs is 1. The summed E-state index contributed by atoms with van der Waals surface area (Å²) in [6.45, 7) is 1.73. The molecule has 7 heteroatoms. The molecule has 1 aliphatic rings. The molecule has 0 bridgehead atoms. The first kappa shape index (κ1) is 17.7. The Bertz CT molecular complexity index is 842. The van der Waals surface area contributed by atoms with Crippen molar-refractivity contribution in [3.63, 3.8) is 0 Å². The number of hydrogen-bond acceptors (Lipinski definition) is 5. The number of amides is 2. The Hall–Kier alpha value is -3.09. The van der Waals surface area contributed by atoms with Gasteiger partial charge >= 0.3 is 0 Å². The number of ketones is 1. The second-order valence-electron chi connectivity index (χ2n) is 6.22. The Labute approximate surface area is 151 Å². The van der Waals surface area contributed by atoms with Gasteiger partial charge < -0.3 is 14.1 Å². The second-order valence-corrected chi connectivity index (χ2v) is 6.22. The van der Waals surface area contributed by atoms with Crippen LogP contribution in [0.2, 0.25) is 0 Å². The van der Waals surface area contributed by atoms with Crippen LogP contribution in [0.4, 0.5) is 5.69 Å². The fourth-order valence-corrected chi connectivity index (χ4v) is 2.71. The van der Waals surface area contributed by atoms with Crippen molar-refractivity contribution in [3.05, 3.63) is 47.9 Å². The maximum absolute atomic E-state index is 12.7. The van der Waals surface area contributed by atoms with Crippen molar-refractivity contribution in [2.45, 2.75) is 19.4 Å². The van der Waals surface area contributed by atoms with E-state index in [1.54, 1.807) is 44.4 Å². The molecule has 1 atom stereocenters. The molecule has 3 rings (SSSR count). The average molecular weight is 356 g/mol. The number of nitrogens with zero attached hydrogens (tertiary/aromatic N) is 2. The van der Waals surface area contributed by atoms with Gasteiger partial charge in [0.25, 0.3) is 5.91 Å². The summed E-state index contributed by atoms with van der Waals surface area (Å²) in [6.07, 6.45) is 1.26. The van der Waals surface area contributed by atoms with Gasteiger partial charge in [-0.3, -0.25) is 19.3 Å². The lowest BCUT2D eigenvalue weighted by molar-refractivity contribution is -0.131. The molecule has 1 aliphatic heterocycles. The summed E-state index contributed by atoms with van der Waals surface area (Å²) < 4.78 is 10.9. The minimum Gasteiger partial charge on any atom is -0.478 e. The Morgan fingerprint density at radius 1 is 1.23 bits per heavy atom. The van der Waals surface area contributed by atoms with Gasteiger partial charge in [-0.05, 0) is 36.8 Å². The SMILES string of the molecule is CCC1Oc2ccc(C(=O)c3ccco3)cc2N(CC(=O)N(C)C)C1=O. The van der Waals surface area contributed by atoms with E-state index >= 15 is 0 Å². The van der Waals surface area contributed by atoms with Crippen molar-refractivity contribution >= 4 is 23.3 Å². The van der Waals surface area contributed by atoms with Crippen LogP contribution in [0.25, 0.3) is 0 Å². The topological polar surface area (TPSA) is 80.1 Å². The van der Waals surface area contributed by atoms with E-state index in [0.29, 0.717) is 23.4 Å². The monoisotopic (exact) mass is 356 g/mol. The fraction of sp³-hybridized carbons (Fsp3) is 0.316. The van der Waals surface area contributed by atoms with Gasteiger partial charge in [0.15, 0.2) is 11.9 Å². The molecule has 2 amide bonds. The highest BCUT2D eigenvalue weighted by atomic mass is 16.5. The number of ether oxygens (including phenoxy) is 1. The molecule has 0 fully saturated rings. The van der Waals surface area contributed by atoms with Crippen LogP contribution in [-0.2, 0) is 9.59 Å². The van der Waals surface area contributed by atoms with Crippen LogP contribution in [0, 0.1) is 0 Å². The van der Waals surface area contributed by atoms with E-state index in [0.717, 1.165) is 0 Å². The average Bonchev–Trinajstić information content (AvgIpc) is 3.17. The maximum Gasteiger partial charge on any atom is 0.268 e. The molecule has 0 saturated heterocycles. The molecule has 2 heterocycles. The molecule has 1 aromatic carbocycles. The third-order valence-corrected chi connectivity index (χ3v) is 4.23. The van der Waals surface area contributed by atoms with Gasteiger partial charge in [-0.1, -0.05) is 6.92 Å². The zero-order chi connectivity index (χ0) is 18.8. The molecule has 0 saturated carbocycles. The summed E-state index contributed by atoms with van der Waals surface area (Å²) in [5.74, 6) is -0.141. The zero-order valence-electron chi connectivity index (χ0n) is 14.9. The highest BCUT2D eigenvalue weighted by Gasteiger charge is 2.35. The standard InChI is InChI=1S/C19H20N2O5/c1-4-14-19(24)21(11-17(22)20(2)3)13-10-12(7-8-15(13)26-14)18(23)16-6-5-9-25-16/h5-10,14H,4,11H2,1-3H3. The van der Waals surface area contributed by atoms with Crippen LogP contribution in [-0.4, -0.2) is 49.2 Å². The minimum atomic E-state index is -0.649. The van der Waals surface area contributed by atoms with Gasteiger partial charge in [-0.25, -0.2) is 0 Å². The molecule has 0 spiro atoms. The molecule has 7 nitrogen and oxygen atoms in total. The summed E-state index contributed by atoms with van der Waals surface area (Å²) in [7, 11) is 3.25. The largest absolute Gasteiger partial charge is 0.478 e. The first-order valence-electron chi connectivity index (χ1n) is 8.32. The van der Waals surface area contributed by atoms with E-state index in [9.17, 15) is 14.4 Å². The minimum absolute atomic E-state index is 0.114. The Kier molecular flexibility index (Phi) is 4.79. The number of carbonyl (C=O) groups is 3. The zero-order valence-corrected chi connectivity index (χ0v) is 14.9. The maximum atomic E-state index is 12.7. The van der Waals surface area contributed by atoms with Gasteiger partial charge in [-0.15, -0.1) is 0 Å². The summed E-state index contributed by atoms with van der Waals surface area (Å²) in [5.41, 5.74) is 0.764. The van der Waals surface area contributed by atoms with Crippen molar-refractivity contribution in [2.24, 2.45) is 0 Å². The molecular weight excluding hydrogens is 336 g/mol. The highest BCUT2D eigenvalue weighted by molar-refractivity contribution is 6.10. The van der Waals surface area contributed by atoms with Crippen LogP contribution in [0.5, 0.6) is 5.75 Å². The Balaban J connectivity index is 2.00. The molecular formula is C19H20N2O5. The summed E-state index contributed by atoms with van der Waals surface area (Å²) in [5, 5.41) is 0. The fourth-order valence-electron chi connectivity index (χ4n) is 2.71. The summed E-state index contributed by atoms with van der Waals surface area (Å²) in [6, 6.07) is 8.04. The van der Waals surface area contributed by atoms with Crippen molar-refractivity contribution in [1.29, 1.82) is 0 Å². The van der Waals surface area contributed by atoms with Crippen LogP contribution >= 0.6 is 0 Å². The number of benzene rings is 1. The Morgan fingerprint density at radius 3 is 2.62 bits per heavy atom. The van der Waals surface area contributed by atoms with Gasteiger partial charge in [0.2, 0.25) is 11.7 Å². The van der Waals surface area contributed by atoms with Crippen LogP contribution in [0.15, 0.2) is 41.0 Å². The molecule has 136 valence electrons. The first-order valence-corrected chi connectivity index (χ1v) is 8.32. The molecule has 0 aliphatic carbocycles. The lowest BCUT2D eigenvalue weighted by Gasteiger charge is -2.34. The predicted octanol–water partition coefficient (Wildman–Crippen LogP) is 2.10. The van der Waals surface area contributed by atoms with Crippen molar-refractivity contribution < 1.29 is 23.5 Å². The quantitative estimate of drug-likeness (QED) is 0.767. The second kappa shape index (κ2) is 7.03. The van der Waals surface area contributed by atoms with Crippen molar-refractivity contribution in [2.75, 3.05) is 25.5 Å². The molecule has 0 radical (unpaired) electrons. The normalized spacial score (nSPS) is 16.0. The van der Waals surface area contributed by atoms with Crippen molar-refractivity contribution in [1.82, 2.24) is 4.90 Å². The first-order chi connectivity index (χ1) is 12.4. The van der Waals surface area contributed by atoms with E-state index in [2.05, 4.69) is 0 Å². The van der Waals surface area contributed by atoms with Crippen molar-refractivity contribution in [3.8, 4) is 5.75 Å². The van der Waals surface area contributed by atoms with Crippen LogP contribution in [0.1, 0.15) is 29.5 Å². The molecule has 1 unspecified atom stereocenters. The molecule has 1 aromatic heterocycles. The number of rotatable bonds is 5. The van der Waals surface area contributed by atoms with Crippen LogP contribution < -0.4 is 9.64 Å². The van der Waals surface area contributed by atoms with E-state index < -0.39 is 6.10 Å². The third-order valence-electron chi connectivity index (χ3n) is 4.23. The number of hydrogen-bond donors (Lipinski definition) is 0. The molecule has 0 N–H and O–H groups in total. The predicted molar refractivity (Wildman–Crippen MR) is 94.3 cm³/mol. The Morgan fingerprint density at radius 2 is 2.00 bits per heavy atom. The lowest BCUT2D eigenvalue weighted by Crippen LogP contribution is -2.49. The number of furan rings is 1. The van der Waals surface area contributed by atoms with E-state index in [1.807, 2.05) is 6.92 Å². The van der Waals surface area contributed by atoms with Gasteiger partial charge in [-0.2, -0.15) is 0 Å². The van der Waals surface area contributed by atoms with Crippen LogP contribution in [0.3, 0.4) is 0 Å². The number of carbonyl (C=O) groups excluding carboxylic acids is 3. The smallest absolute Gasteiger partial charge is 0.268 e. The summed E-state index contributed by atoms with van der Waals surface area (Å²) >= 11 is 0. The number of likely N-dealkylation sites (N-methyl/N-ethyl adjacent to an activating group) is 1. The van der Waals surface area contributed by atoms with Gasteiger partial charge in [0, 0.05) is 19.7 Å². The van der Waals surface area contributed by atoms with Gasteiger partial charge in [0.05, 0.1) is 12.0 Å². The molecule has 26 heavy (non-hydrogen) atoms. The number of anilines is 1. The highest BCUT2D eigenvalue weighted by Crippen LogP contribution is 2.36. The third kappa shape index (κ3) is 3.20. The lowest BCUT2D eigenvalue weighted by atomic mass is 10.0. The van der Waals surface area contributed by atoms with Gasteiger partial charge in [0.1, 0.15) is 12.3 Å². The van der Waals surface area contributed by atoms with E-state index in [-0.39, 0.29) is 29.9 Å². The summed E-state index contributed by atoms with van der Waals surface area (Å²) in [4.78, 5) is 40.2. The van der Waals surface area contributed by atoms with E-state index in [4.69, 9.17) is 9.15 Å².